The summed E-state index contributed by atoms with van der Waals surface area (Å²) in [6.45, 7) is 0.764. The Labute approximate surface area is 120 Å². The first-order valence-electron chi connectivity index (χ1n) is 6.82. The van der Waals surface area contributed by atoms with Crippen LogP contribution in [0.3, 0.4) is 0 Å². The standard InChI is InChI=1S/C13H16F2N4O2/c14-8-5-9(15)12(18-11(8)16)19-3-4-21-6-10(19)13(20)17-7-1-2-7/h5,7,10H,1-4,6H2,(H2,16,18)(H,17,20). The summed E-state index contributed by atoms with van der Waals surface area (Å²) in [5.41, 5.74) is 5.40. The number of amides is 1. The topological polar surface area (TPSA) is 80.5 Å². The van der Waals surface area contributed by atoms with Crippen molar-refractivity contribution in [3.05, 3.63) is 17.7 Å². The largest absolute Gasteiger partial charge is 0.381 e. The Morgan fingerprint density at radius 1 is 1.43 bits per heavy atom. The zero-order valence-corrected chi connectivity index (χ0v) is 11.3. The average molecular weight is 298 g/mol. The fourth-order valence-corrected chi connectivity index (χ4v) is 2.27. The SMILES string of the molecule is Nc1nc(N2CCOCC2C(=O)NC2CC2)c(F)cc1F. The first-order chi connectivity index (χ1) is 10.1. The molecule has 6 nitrogen and oxygen atoms in total. The van der Waals surface area contributed by atoms with Crippen molar-refractivity contribution in [3.8, 4) is 0 Å². The molecule has 1 aliphatic carbocycles. The number of nitrogens with zero attached hydrogens (tertiary/aromatic N) is 2. The molecule has 1 amide bonds. The van der Waals surface area contributed by atoms with Gasteiger partial charge in [0.1, 0.15) is 6.04 Å². The summed E-state index contributed by atoms with van der Waals surface area (Å²) in [7, 11) is 0. The van der Waals surface area contributed by atoms with E-state index in [1.165, 1.54) is 4.90 Å². The molecule has 1 aliphatic heterocycles. The van der Waals surface area contributed by atoms with Crippen LogP contribution < -0.4 is 16.0 Å². The molecule has 21 heavy (non-hydrogen) atoms. The Morgan fingerprint density at radius 2 is 2.19 bits per heavy atom. The molecular formula is C13H16F2N4O2. The van der Waals surface area contributed by atoms with Gasteiger partial charge in [-0.15, -0.1) is 0 Å². The molecular weight excluding hydrogens is 282 g/mol. The molecule has 0 spiro atoms. The molecule has 0 aromatic carbocycles. The van der Waals surface area contributed by atoms with Gasteiger partial charge in [0.15, 0.2) is 23.3 Å². The maximum Gasteiger partial charge on any atom is 0.245 e. The summed E-state index contributed by atoms with van der Waals surface area (Å²) in [5.74, 6) is -2.50. The molecule has 8 heteroatoms. The highest BCUT2D eigenvalue weighted by atomic mass is 19.1. The van der Waals surface area contributed by atoms with Gasteiger partial charge in [0.25, 0.3) is 0 Å². The third-order valence-corrected chi connectivity index (χ3v) is 3.57. The van der Waals surface area contributed by atoms with Crippen molar-refractivity contribution in [2.24, 2.45) is 0 Å². The van der Waals surface area contributed by atoms with Gasteiger partial charge in [0.2, 0.25) is 5.91 Å². The number of carbonyl (C=O) groups is 1. The van der Waals surface area contributed by atoms with E-state index in [4.69, 9.17) is 10.5 Å². The van der Waals surface area contributed by atoms with Crippen LogP contribution in [-0.2, 0) is 9.53 Å². The van der Waals surface area contributed by atoms with Crippen LogP contribution in [-0.4, -0.2) is 42.7 Å². The first kappa shape index (κ1) is 14.0. The molecule has 1 aromatic heterocycles. The Morgan fingerprint density at radius 3 is 2.90 bits per heavy atom. The van der Waals surface area contributed by atoms with Gasteiger partial charge in [-0.2, -0.15) is 0 Å². The van der Waals surface area contributed by atoms with Crippen LogP contribution >= 0.6 is 0 Å². The smallest absolute Gasteiger partial charge is 0.245 e. The Hall–Kier alpha value is -1.96. The lowest BCUT2D eigenvalue weighted by Gasteiger charge is -2.35. The number of rotatable bonds is 3. The molecule has 2 aliphatic rings. The number of nitrogens with two attached hydrogens (primary N) is 1. The minimum absolute atomic E-state index is 0.117. The van der Waals surface area contributed by atoms with Crippen LogP contribution in [0.1, 0.15) is 12.8 Å². The van der Waals surface area contributed by atoms with Crippen molar-refractivity contribution in [2.45, 2.75) is 24.9 Å². The molecule has 3 rings (SSSR count). The van der Waals surface area contributed by atoms with E-state index in [-0.39, 0.29) is 36.7 Å². The summed E-state index contributed by atoms with van der Waals surface area (Å²) in [6, 6.07) is 0.187. The molecule has 0 radical (unpaired) electrons. The van der Waals surface area contributed by atoms with Crippen LogP contribution in [0.15, 0.2) is 6.07 Å². The van der Waals surface area contributed by atoms with Gasteiger partial charge in [0.05, 0.1) is 13.2 Å². The Kier molecular flexibility index (Phi) is 3.62. The van der Waals surface area contributed by atoms with Gasteiger partial charge in [0, 0.05) is 18.7 Å². The number of anilines is 2. The zero-order valence-electron chi connectivity index (χ0n) is 11.3. The molecule has 0 bridgehead atoms. The highest BCUT2D eigenvalue weighted by Crippen LogP contribution is 2.25. The van der Waals surface area contributed by atoms with E-state index >= 15 is 0 Å². The molecule has 2 heterocycles. The Balaban J connectivity index is 1.86. The minimum atomic E-state index is -0.913. The number of morpholine rings is 1. The second-order valence-electron chi connectivity index (χ2n) is 5.23. The number of pyridine rings is 1. The molecule has 1 saturated heterocycles. The van der Waals surface area contributed by atoms with E-state index in [1.807, 2.05) is 0 Å². The van der Waals surface area contributed by atoms with E-state index in [0.717, 1.165) is 12.8 Å². The summed E-state index contributed by atoms with van der Waals surface area (Å²) in [5, 5.41) is 2.85. The third-order valence-electron chi connectivity index (χ3n) is 3.57. The molecule has 2 fully saturated rings. The van der Waals surface area contributed by atoms with Gasteiger partial charge < -0.3 is 20.7 Å². The van der Waals surface area contributed by atoms with Crippen LogP contribution in [0.25, 0.3) is 0 Å². The van der Waals surface area contributed by atoms with Crippen molar-refractivity contribution >= 4 is 17.5 Å². The summed E-state index contributed by atoms with van der Waals surface area (Å²) in [6.07, 6.45) is 1.91. The van der Waals surface area contributed by atoms with Gasteiger partial charge in [-0.25, -0.2) is 13.8 Å². The van der Waals surface area contributed by atoms with Gasteiger partial charge in [-0.05, 0) is 12.8 Å². The highest BCUT2D eigenvalue weighted by Gasteiger charge is 2.35. The predicted octanol–water partition coefficient (Wildman–Crippen LogP) is 0.426. The minimum Gasteiger partial charge on any atom is -0.381 e. The van der Waals surface area contributed by atoms with E-state index < -0.39 is 17.7 Å². The molecule has 114 valence electrons. The summed E-state index contributed by atoms with van der Waals surface area (Å²) >= 11 is 0. The molecule has 1 unspecified atom stereocenters. The van der Waals surface area contributed by atoms with E-state index in [9.17, 15) is 13.6 Å². The van der Waals surface area contributed by atoms with E-state index in [0.29, 0.717) is 12.7 Å². The second kappa shape index (κ2) is 5.44. The number of aromatic nitrogens is 1. The normalized spacial score (nSPS) is 22.2. The number of hydrogen-bond acceptors (Lipinski definition) is 5. The number of nitrogen functional groups attached to an aromatic ring is 1. The summed E-state index contributed by atoms with van der Waals surface area (Å²) < 4.78 is 32.5. The van der Waals surface area contributed by atoms with Gasteiger partial charge >= 0.3 is 0 Å². The first-order valence-corrected chi connectivity index (χ1v) is 6.82. The molecule has 1 saturated carbocycles. The number of halogens is 2. The zero-order chi connectivity index (χ0) is 15.0. The average Bonchev–Trinajstić information content (AvgIpc) is 3.27. The van der Waals surface area contributed by atoms with Gasteiger partial charge in [-0.1, -0.05) is 0 Å². The van der Waals surface area contributed by atoms with Crippen LogP contribution in [0.4, 0.5) is 20.4 Å². The number of ether oxygens (including phenoxy) is 1. The molecule has 3 N–H and O–H groups in total. The monoisotopic (exact) mass is 298 g/mol. The number of hydrogen-bond donors (Lipinski definition) is 2. The van der Waals surface area contributed by atoms with E-state index in [2.05, 4.69) is 10.3 Å². The van der Waals surface area contributed by atoms with E-state index in [1.54, 1.807) is 0 Å². The van der Waals surface area contributed by atoms with Gasteiger partial charge in [-0.3, -0.25) is 4.79 Å². The van der Waals surface area contributed by atoms with Crippen molar-refractivity contribution in [2.75, 3.05) is 30.4 Å². The molecule has 1 aromatic rings. The Bertz CT molecular complexity index is 565. The van der Waals surface area contributed by atoms with Crippen LogP contribution in [0.5, 0.6) is 0 Å². The van der Waals surface area contributed by atoms with Crippen molar-refractivity contribution in [1.29, 1.82) is 0 Å². The lowest BCUT2D eigenvalue weighted by molar-refractivity contribution is -0.124. The number of carbonyl (C=O) groups excluding carboxylic acids is 1. The summed E-state index contributed by atoms with van der Waals surface area (Å²) in [4.78, 5) is 17.4. The maximum absolute atomic E-state index is 14.0. The maximum atomic E-state index is 14.0. The lowest BCUT2D eigenvalue weighted by atomic mass is 10.2. The second-order valence-corrected chi connectivity index (χ2v) is 5.23. The van der Waals surface area contributed by atoms with Crippen molar-refractivity contribution in [3.63, 3.8) is 0 Å². The highest BCUT2D eigenvalue weighted by molar-refractivity contribution is 5.86. The fraction of sp³-hybridized carbons (Fsp3) is 0.538. The molecule has 1 atom stereocenters. The fourth-order valence-electron chi connectivity index (χ4n) is 2.27. The third kappa shape index (κ3) is 2.90. The predicted molar refractivity (Wildman–Crippen MR) is 71.7 cm³/mol. The number of nitrogens with one attached hydrogen (secondary N) is 1. The quantitative estimate of drug-likeness (QED) is 0.845. The van der Waals surface area contributed by atoms with Crippen LogP contribution in [0, 0.1) is 11.6 Å². The lowest BCUT2D eigenvalue weighted by Crippen LogP contribution is -2.55. The van der Waals surface area contributed by atoms with Crippen LogP contribution in [0.2, 0.25) is 0 Å². The van der Waals surface area contributed by atoms with Crippen molar-refractivity contribution < 1.29 is 18.3 Å². The van der Waals surface area contributed by atoms with Crippen molar-refractivity contribution in [1.82, 2.24) is 10.3 Å².